The minimum absolute atomic E-state index is 0.0140. The highest BCUT2D eigenvalue weighted by Gasteiger charge is 2.21. The second kappa shape index (κ2) is 10.0. The number of aryl methyl sites for hydroxylation is 1. The maximum absolute atomic E-state index is 13.7. The Labute approximate surface area is 184 Å². The maximum atomic E-state index is 13.7. The van der Waals surface area contributed by atoms with E-state index >= 15 is 0 Å². The van der Waals surface area contributed by atoms with Gasteiger partial charge in [0.2, 0.25) is 0 Å². The molecular formula is C23H23F2N3O4. The van der Waals surface area contributed by atoms with Crippen LogP contribution in [0.5, 0.6) is 5.75 Å². The summed E-state index contributed by atoms with van der Waals surface area (Å²) < 4.78 is 38.9. The molecule has 0 atom stereocenters. The first kappa shape index (κ1) is 22.9. The quantitative estimate of drug-likeness (QED) is 0.516. The fourth-order valence-electron chi connectivity index (χ4n) is 2.85. The number of halogens is 2. The smallest absolute Gasteiger partial charge is 0.361 e. The SMILES string of the molecule is CCn1cc(NC(=O)c2cccc(COc3ccc(F)cc3F)c2)c(C(=O)OC(C)C)n1. The zero-order chi connectivity index (χ0) is 23.3. The van der Waals surface area contributed by atoms with Crippen molar-refractivity contribution in [1.29, 1.82) is 0 Å². The van der Waals surface area contributed by atoms with Crippen LogP contribution in [-0.4, -0.2) is 27.8 Å². The van der Waals surface area contributed by atoms with Crippen LogP contribution < -0.4 is 10.1 Å². The van der Waals surface area contributed by atoms with Crippen LogP contribution in [0.3, 0.4) is 0 Å². The van der Waals surface area contributed by atoms with Crippen LogP contribution in [-0.2, 0) is 17.9 Å². The summed E-state index contributed by atoms with van der Waals surface area (Å²) in [4.78, 5) is 25.1. The number of hydrogen-bond donors (Lipinski definition) is 1. The summed E-state index contributed by atoms with van der Waals surface area (Å²) in [5.41, 5.74) is 1.15. The highest BCUT2D eigenvalue weighted by Crippen LogP contribution is 2.20. The van der Waals surface area contributed by atoms with E-state index in [-0.39, 0.29) is 29.8 Å². The molecular weight excluding hydrogens is 420 g/mol. The predicted molar refractivity (Wildman–Crippen MR) is 114 cm³/mol. The third kappa shape index (κ3) is 5.69. The molecule has 168 valence electrons. The molecule has 0 saturated heterocycles. The third-order valence-electron chi connectivity index (χ3n) is 4.35. The molecule has 0 spiro atoms. The number of esters is 1. The molecule has 1 N–H and O–H groups in total. The highest BCUT2D eigenvalue weighted by atomic mass is 19.1. The van der Waals surface area contributed by atoms with Crippen LogP contribution >= 0.6 is 0 Å². The van der Waals surface area contributed by atoms with Gasteiger partial charge >= 0.3 is 5.97 Å². The molecule has 0 bridgehead atoms. The Morgan fingerprint density at radius 1 is 1.16 bits per heavy atom. The van der Waals surface area contributed by atoms with Crippen LogP contribution in [0.2, 0.25) is 0 Å². The molecule has 0 aliphatic rings. The van der Waals surface area contributed by atoms with Gasteiger partial charge in [0, 0.05) is 24.4 Å². The summed E-state index contributed by atoms with van der Waals surface area (Å²) >= 11 is 0. The fourth-order valence-corrected chi connectivity index (χ4v) is 2.85. The molecule has 1 amide bonds. The van der Waals surface area contributed by atoms with Crippen molar-refractivity contribution in [1.82, 2.24) is 9.78 Å². The number of amides is 1. The van der Waals surface area contributed by atoms with Gasteiger partial charge in [-0.25, -0.2) is 13.6 Å². The van der Waals surface area contributed by atoms with Crippen LogP contribution in [0, 0.1) is 11.6 Å². The zero-order valence-electron chi connectivity index (χ0n) is 17.9. The summed E-state index contributed by atoms with van der Waals surface area (Å²) in [7, 11) is 0. The van der Waals surface area contributed by atoms with Gasteiger partial charge in [-0.05, 0) is 50.6 Å². The number of hydrogen-bond acceptors (Lipinski definition) is 5. The van der Waals surface area contributed by atoms with Crippen molar-refractivity contribution in [2.45, 2.75) is 40.0 Å². The number of carbonyl (C=O) groups is 2. The molecule has 3 rings (SSSR count). The van der Waals surface area contributed by atoms with E-state index < -0.39 is 23.5 Å². The molecule has 3 aromatic rings. The van der Waals surface area contributed by atoms with Crippen molar-refractivity contribution >= 4 is 17.6 Å². The lowest BCUT2D eigenvalue weighted by molar-refractivity contribution is 0.0371. The van der Waals surface area contributed by atoms with Crippen LogP contribution in [0.15, 0.2) is 48.7 Å². The van der Waals surface area contributed by atoms with Crippen molar-refractivity contribution < 1.29 is 27.8 Å². The Kier molecular flexibility index (Phi) is 7.19. The van der Waals surface area contributed by atoms with Gasteiger partial charge in [0.1, 0.15) is 12.4 Å². The molecule has 0 unspecified atom stereocenters. The summed E-state index contributed by atoms with van der Waals surface area (Å²) in [6.45, 7) is 5.77. The van der Waals surface area contributed by atoms with Gasteiger partial charge in [-0.15, -0.1) is 0 Å². The second-order valence-corrected chi connectivity index (χ2v) is 7.22. The average Bonchev–Trinajstić information content (AvgIpc) is 3.16. The zero-order valence-corrected chi connectivity index (χ0v) is 17.9. The number of nitrogens with one attached hydrogen (secondary N) is 1. The third-order valence-corrected chi connectivity index (χ3v) is 4.35. The van der Waals surface area contributed by atoms with Gasteiger partial charge < -0.3 is 14.8 Å². The number of ether oxygens (including phenoxy) is 2. The Morgan fingerprint density at radius 2 is 1.94 bits per heavy atom. The first-order chi connectivity index (χ1) is 15.3. The molecule has 1 aromatic heterocycles. The Balaban J connectivity index is 1.73. The van der Waals surface area contributed by atoms with E-state index in [1.54, 1.807) is 44.3 Å². The average molecular weight is 443 g/mol. The van der Waals surface area contributed by atoms with E-state index in [0.29, 0.717) is 17.7 Å². The van der Waals surface area contributed by atoms with Gasteiger partial charge in [0.15, 0.2) is 17.3 Å². The first-order valence-electron chi connectivity index (χ1n) is 10.0. The number of nitrogens with zero attached hydrogens (tertiary/aromatic N) is 2. The molecule has 0 radical (unpaired) electrons. The number of benzene rings is 2. The van der Waals surface area contributed by atoms with Crippen LogP contribution in [0.25, 0.3) is 0 Å². The summed E-state index contributed by atoms with van der Waals surface area (Å²) in [5.74, 6) is -2.70. The van der Waals surface area contributed by atoms with E-state index in [2.05, 4.69) is 10.4 Å². The second-order valence-electron chi connectivity index (χ2n) is 7.22. The van der Waals surface area contributed by atoms with E-state index in [1.165, 1.54) is 10.7 Å². The number of aromatic nitrogens is 2. The lowest BCUT2D eigenvalue weighted by Gasteiger charge is -2.10. The highest BCUT2D eigenvalue weighted by molar-refractivity contribution is 6.07. The summed E-state index contributed by atoms with van der Waals surface area (Å²) in [6.07, 6.45) is 1.22. The predicted octanol–water partition coefficient (Wildman–Crippen LogP) is 4.58. The molecule has 32 heavy (non-hydrogen) atoms. The van der Waals surface area contributed by atoms with Gasteiger partial charge in [-0.1, -0.05) is 12.1 Å². The fraction of sp³-hybridized carbons (Fsp3) is 0.261. The van der Waals surface area contributed by atoms with E-state index in [9.17, 15) is 18.4 Å². The monoisotopic (exact) mass is 443 g/mol. The molecule has 0 fully saturated rings. The molecule has 9 heteroatoms. The normalized spacial score (nSPS) is 10.8. The number of rotatable bonds is 8. The van der Waals surface area contributed by atoms with Crippen LogP contribution in [0.4, 0.5) is 14.5 Å². The Hall–Kier alpha value is -3.75. The van der Waals surface area contributed by atoms with Crippen LogP contribution in [0.1, 0.15) is 47.2 Å². The minimum Gasteiger partial charge on any atom is -0.486 e. The van der Waals surface area contributed by atoms with E-state index in [0.717, 1.165) is 12.1 Å². The lowest BCUT2D eigenvalue weighted by Crippen LogP contribution is -2.17. The van der Waals surface area contributed by atoms with Gasteiger partial charge in [-0.2, -0.15) is 5.10 Å². The van der Waals surface area contributed by atoms with Gasteiger partial charge in [0.25, 0.3) is 5.91 Å². The lowest BCUT2D eigenvalue weighted by atomic mass is 10.1. The van der Waals surface area contributed by atoms with Crippen molar-refractivity contribution in [2.24, 2.45) is 0 Å². The van der Waals surface area contributed by atoms with E-state index in [4.69, 9.17) is 9.47 Å². The number of anilines is 1. The van der Waals surface area contributed by atoms with Crippen molar-refractivity contribution in [3.05, 3.63) is 77.1 Å². The van der Waals surface area contributed by atoms with Crippen molar-refractivity contribution in [2.75, 3.05) is 5.32 Å². The Bertz CT molecular complexity index is 1130. The largest absolute Gasteiger partial charge is 0.486 e. The molecule has 7 nitrogen and oxygen atoms in total. The minimum atomic E-state index is -0.812. The summed E-state index contributed by atoms with van der Waals surface area (Å²) in [5, 5.41) is 6.86. The summed E-state index contributed by atoms with van der Waals surface area (Å²) in [6, 6.07) is 9.56. The standard InChI is InChI=1S/C23H23F2N3O4/c1-4-28-12-19(21(27-28)23(30)32-14(2)3)26-22(29)16-7-5-6-15(10-16)13-31-20-9-8-17(24)11-18(20)25/h5-12,14H,4,13H2,1-3H3,(H,26,29). The van der Waals surface area contributed by atoms with Gasteiger partial charge in [0.05, 0.1) is 11.8 Å². The van der Waals surface area contributed by atoms with Crippen molar-refractivity contribution in [3.8, 4) is 5.75 Å². The molecule has 2 aromatic carbocycles. The van der Waals surface area contributed by atoms with Crippen molar-refractivity contribution in [3.63, 3.8) is 0 Å². The maximum Gasteiger partial charge on any atom is 0.361 e. The molecule has 1 heterocycles. The molecule has 0 aliphatic carbocycles. The first-order valence-corrected chi connectivity index (χ1v) is 10.0. The van der Waals surface area contributed by atoms with Gasteiger partial charge in [-0.3, -0.25) is 9.48 Å². The molecule has 0 aliphatic heterocycles. The van der Waals surface area contributed by atoms with E-state index in [1.807, 2.05) is 6.92 Å². The topological polar surface area (TPSA) is 82.5 Å². The number of carbonyl (C=O) groups excluding carboxylic acids is 2. The molecule has 0 saturated carbocycles. The Morgan fingerprint density at radius 3 is 2.62 bits per heavy atom.